The molecule has 2 aromatic heterocycles. The fourth-order valence-electron chi connectivity index (χ4n) is 1.37. The van der Waals surface area contributed by atoms with Crippen LogP contribution < -0.4 is 16.4 Å². The van der Waals surface area contributed by atoms with Gasteiger partial charge in [0.2, 0.25) is 17.5 Å². The fourth-order valence-corrected chi connectivity index (χ4v) is 1.37. The molecule has 0 radical (unpaired) electrons. The molecule has 11 heteroatoms. The van der Waals surface area contributed by atoms with Gasteiger partial charge < -0.3 is 15.7 Å². The summed E-state index contributed by atoms with van der Waals surface area (Å²) < 4.78 is 10.1. The number of hydrogen-bond donors (Lipinski definition) is 3. The first-order valence-electron chi connectivity index (χ1n) is 5.60. The summed E-state index contributed by atoms with van der Waals surface area (Å²) in [5.74, 6) is -0.737. The van der Waals surface area contributed by atoms with Gasteiger partial charge in [-0.05, 0) is 10.3 Å². The van der Waals surface area contributed by atoms with Crippen LogP contribution in [0.5, 0.6) is 0 Å². The first-order valence-corrected chi connectivity index (χ1v) is 5.60. The van der Waals surface area contributed by atoms with Crippen molar-refractivity contribution in [3.05, 3.63) is 10.6 Å². The molecule has 2 heterocycles. The largest absolute Gasteiger partial charge is 0.441 e. The summed E-state index contributed by atoms with van der Waals surface area (Å²) in [6.45, 7) is -0.0984. The van der Waals surface area contributed by atoms with E-state index in [1.807, 2.05) is 0 Å². The van der Waals surface area contributed by atoms with Gasteiger partial charge in [0.1, 0.15) is 0 Å². The van der Waals surface area contributed by atoms with Gasteiger partial charge in [0.25, 0.3) is 0 Å². The Hall–Kier alpha value is -2.69. The predicted molar refractivity (Wildman–Crippen MR) is 63.6 cm³/mol. The Labute approximate surface area is 111 Å². The number of aromatic nitrogens is 4. The maximum Gasteiger partial charge on any atom is 0.441 e. The zero-order valence-electron chi connectivity index (χ0n) is 10.5. The molecule has 11 nitrogen and oxygen atoms in total. The van der Waals surface area contributed by atoms with Gasteiger partial charge in [-0.3, -0.25) is 13.9 Å². The third kappa shape index (κ3) is 2.83. The van der Waals surface area contributed by atoms with Crippen LogP contribution >= 0.6 is 0 Å². The predicted octanol–water partition coefficient (Wildman–Crippen LogP) is -2.06. The number of nitrogens with zero attached hydrogens (tertiary/aromatic N) is 4. The maximum absolute atomic E-state index is 11.4. The lowest BCUT2D eigenvalue weighted by molar-refractivity contribution is -0.119. The highest BCUT2D eigenvalue weighted by molar-refractivity contribution is 5.81. The maximum atomic E-state index is 11.4. The van der Waals surface area contributed by atoms with Gasteiger partial charge in [-0.15, -0.1) is 0 Å². The number of rotatable bonds is 6. The Morgan fingerprint density at radius 2 is 2.20 bits per heavy atom. The zero-order valence-corrected chi connectivity index (χ0v) is 10.5. The SMILES string of the molecule is Cn1c(-c2nonc2NCC(=O)NCCO)noc1=O. The van der Waals surface area contributed by atoms with Crippen molar-refractivity contribution < 1.29 is 19.1 Å². The fraction of sp³-hybridized carbons (Fsp3) is 0.444. The number of aliphatic hydroxyl groups excluding tert-OH is 1. The van der Waals surface area contributed by atoms with E-state index in [-0.39, 0.29) is 42.9 Å². The highest BCUT2D eigenvalue weighted by Crippen LogP contribution is 2.20. The van der Waals surface area contributed by atoms with Crippen molar-refractivity contribution >= 4 is 11.7 Å². The molecule has 108 valence electrons. The van der Waals surface area contributed by atoms with Gasteiger partial charge in [-0.2, -0.15) is 0 Å². The van der Waals surface area contributed by atoms with Crippen LogP contribution in [0.4, 0.5) is 5.82 Å². The average molecular weight is 284 g/mol. The Bertz CT molecular complexity index is 643. The van der Waals surface area contributed by atoms with Gasteiger partial charge in [0, 0.05) is 13.6 Å². The van der Waals surface area contributed by atoms with E-state index in [9.17, 15) is 9.59 Å². The highest BCUT2D eigenvalue weighted by Gasteiger charge is 2.19. The molecular weight excluding hydrogens is 272 g/mol. The van der Waals surface area contributed by atoms with Crippen LogP contribution in [0.1, 0.15) is 0 Å². The molecule has 1 amide bonds. The van der Waals surface area contributed by atoms with Gasteiger partial charge in [0.15, 0.2) is 5.69 Å². The summed E-state index contributed by atoms with van der Waals surface area (Å²) in [4.78, 5) is 22.5. The summed E-state index contributed by atoms with van der Waals surface area (Å²) >= 11 is 0. The first kappa shape index (κ1) is 13.7. The third-order valence-corrected chi connectivity index (χ3v) is 2.35. The van der Waals surface area contributed by atoms with Gasteiger partial charge in [-0.25, -0.2) is 9.42 Å². The second kappa shape index (κ2) is 5.97. The van der Waals surface area contributed by atoms with E-state index >= 15 is 0 Å². The van der Waals surface area contributed by atoms with Crippen molar-refractivity contribution in [2.75, 3.05) is 25.0 Å². The van der Waals surface area contributed by atoms with E-state index in [2.05, 4.69) is 35.3 Å². The first-order chi connectivity index (χ1) is 9.63. The normalized spacial score (nSPS) is 10.5. The number of hydrogen-bond acceptors (Lipinski definition) is 9. The number of amides is 1. The van der Waals surface area contributed by atoms with E-state index in [4.69, 9.17) is 5.11 Å². The second-order valence-electron chi connectivity index (χ2n) is 3.72. The monoisotopic (exact) mass is 284 g/mol. The lowest BCUT2D eigenvalue weighted by atomic mass is 10.4. The number of anilines is 1. The molecule has 0 aliphatic rings. The molecule has 20 heavy (non-hydrogen) atoms. The third-order valence-electron chi connectivity index (χ3n) is 2.35. The van der Waals surface area contributed by atoms with Crippen LogP contribution in [0.15, 0.2) is 13.9 Å². The molecule has 0 saturated carbocycles. The van der Waals surface area contributed by atoms with Crippen LogP contribution in [0.3, 0.4) is 0 Å². The van der Waals surface area contributed by atoms with Crippen LogP contribution in [0, 0.1) is 0 Å². The minimum Gasteiger partial charge on any atom is -0.395 e. The molecule has 0 fully saturated rings. The summed E-state index contributed by atoms with van der Waals surface area (Å²) in [6, 6.07) is 0. The second-order valence-corrected chi connectivity index (χ2v) is 3.72. The van der Waals surface area contributed by atoms with Crippen molar-refractivity contribution in [2.24, 2.45) is 7.05 Å². The van der Waals surface area contributed by atoms with Crippen LogP contribution in [-0.2, 0) is 11.8 Å². The van der Waals surface area contributed by atoms with Crippen molar-refractivity contribution in [1.82, 2.24) is 25.4 Å². The molecule has 0 spiro atoms. The number of carbonyl (C=O) groups is 1. The standard InChI is InChI=1S/C9H12N6O5/c1-15-8(14-19-9(15)18)6-7(13-20-12-6)11-4-5(17)10-2-3-16/h16H,2-4H2,1H3,(H,10,17)(H,11,13). The quantitative estimate of drug-likeness (QED) is 0.544. The Kier molecular flexibility index (Phi) is 4.10. The minimum absolute atomic E-state index is 0.104. The number of carbonyl (C=O) groups excluding carboxylic acids is 1. The van der Waals surface area contributed by atoms with Crippen LogP contribution in [0.25, 0.3) is 11.5 Å². The average Bonchev–Trinajstić information content (AvgIpc) is 3.02. The molecule has 0 saturated heterocycles. The van der Waals surface area contributed by atoms with Gasteiger partial charge in [0.05, 0.1) is 13.2 Å². The van der Waals surface area contributed by atoms with Gasteiger partial charge >= 0.3 is 5.76 Å². The summed E-state index contributed by atoms with van der Waals surface area (Å²) in [5.41, 5.74) is 0.147. The molecule has 0 atom stereocenters. The molecule has 0 bridgehead atoms. The Morgan fingerprint density at radius 3 is 2.85 bits per heavy atom. The molecule has 2 aromatic rings. The molecule has 0 aliphatic carbocycles. The molecule has 0 aromatic carbocycles. The Morgan fingerprint density at radius 1 is 1.40 bits per heavy atom. The van der Waals surface area contributed by atoms with Gasteiger partial charge in [-0.1, -0.05) is 5.16 Å². The molecule has 0 unspecified atom stereocenters. The van der Waals surface area contributed by atoms with Crippen LogP contribution in [0.2, 0.25) is 0 Å². The topological polar surface area (TPSA) is 148 Å². The minimum atomic E-state index is -0.658. The van der Waals surface area contributed by atoms with E-state index in [0.717, 1.165) is 4.57 Å². The summed E-state index contributed by atoms with van der Waals surface area (Å²) in [5, 5.41) is 24.4. The smallest absolute Gasteiger partial charge is 0.395 e. The van der Waals surface area contributed by atoms with E-state index in [1.165, 1.54) is 7.05 Å². The van der Waals surface area contributed by atoms with Crippen molar-refractivity contribution in [1.29, 1.82) is 0 Å². The highest BCUT2D eigenvalue weighted by atomic mass is 16.6. The van der Waals surface area contributed by atoms with E-state index in [0.29, 0.717) is 0 Å². The molecule has 3 N–H and O–H groups in total. The number of nitrogens with one attached hydrogen (secondary N) is 2. The molecule has 2 rings (SSSR count). The van der Waals surface area contributed by atoms with Crippen molar-refractivity contribution in [2.45, 2.75) is 0 Å². The lowest BCUT2D eigenvalue weighted by Gasteiger charge is -2.04. The van der Waals surface area contributed by atoms with Crippen LogP contribution in [-0.4, -0.2) is 50.7 Å². The van der Waals surface area contributed by atoms with Crippen molar-refractivity contribution in [3.63, 3.8) is 0 Å². The zero-order chi connectivity index (χ0) is 14.5. The summed E-state index contributed by atoms with van der Waals surface area (Å²) in [6.07, 6.45) is 0. The molecule has 0 aliphatic heterocycles. The van der Waals surface area contributed by atoms with Crippen molar-refractivity contribution in [3.8, 4) is 11.5 Å². The lowest BCUT2D eigenvalue weighted by Crippen LogP contribution is -2.32. The number of aliphatic hydroxyl groups is 1. The summed E-state index contributed by atoms with van der Waals surface area (Å²) in [7, 11) is 1.45. The molecular formula is C9H12N6O5. The Balaban J connectivity index is 2.08. The van der Waals surface area contributed by atoms with E-state index in [1.54, 1.807) is 0 Å². The van der Waals surface area contributed by atoms with E-state index < -0.39 is 5.76 Å².